The summed E-state index contributed by atoms with van der Waals surface area (Å²) in [6.45, 7) is 0. The monoisotopic (exact) mass is 421 g/mol. The van der Waals surface area contributed by atoms with E-state index in [1.807, 2.05) is 30.3 Å². The Balaban J connectivity index is 2.21. The van der Waals surface area contributed by atoms with E-state index in [0.717, 1.165) is 25.4 Å². The molecule has 0 saturated carbocycles. The van der Waals surface area contributed by atoms with Crippen molar-refractivity contribution in [2.45, 2.75) is 0 Å². The van der Waals surface area contributed by atoms with Crippen molar-refractivity contribution in [1.29, 1.82) is 0 Å². The molecule has 0 saturated heterocycles. The molecule has 8 heteroatoms. The smallest absolute Gasteiger partial charge is 0.203 e. The molecule has 0 aliphatic carbocycles. The minimum atomic E-state index is 0.554. The van der Waals surface area contributed by atoms with Gasteiger partial charge < -0.3 is 24.7 Å². The lowest BCUT2D eigenvalue weighted by molar-refractivity contribution is 0.324. The summed E-state index contributed by atoms with van der Waals surface area (Å²) in [5, 5.41) is 0. The summed E-state index contributed by atoms with van der Waals surface area (Å²) in [5.74, 6) is 2.38. The number of methoxy groups -OCH3 is 4. The van der Waals surface area contributed by atoms with Crippen LogP contribution in [0.1, 0.15) is 0 Å². The molecule has 1 heterocycles. The first-order valence-corrected chi connectivity index (χ1v) is 10.5. The summed E-state index contributed by atoms with van der Waals surface area (Å²) in [6.07, 6.45) is 0. The van der Waals surface area contributed by atoms with Crippen molar-refractivity contribution >= 4 is 38.6 Å². The molecule has 2 N–H and O–H groups in total. The van der Waals surface area contributed by atoms with E-state index < -0.39 is 0 Å². The molecule has 0 spiro atoms. The van der Waals surface area contributed by atoms with Gasteiger partial charge in [0.1, 0.15) is 9.57 Å². The van der Waals surface area contributed by atoms with Crippen LogP contribution < -0.4 is 24.7 Å². The van der Waals surface area contributed by atoms with Crippen molar-refractivity contribution in [1.82, 2.24) is 0 Å². The van der Waals surface area contributed by atoms with E-state index in [4.69, 9.17) is 36.9 Å². The summed E-state index contributed by atoms with van der Waals surface area (Å²) in [7, 11) is 9.53. The van der Waals surface area contributed by atoms with Gasteiger partial charge in [-0.15, -0.1) is 0 Å². The maximum atomic E-state index is 6.10. The predicted octanol–water partition coefficient (Wildman–Crippen LogP) is 5.49. The van der Waals surface area contributed by atoms with Gasteiger partial charge in [0.2, 0.25) is 5.75 Å². The molecular formula is C19H19NO4S3. The molecular weight excluding hydrogens is 402 g/mol. The fourth-order valence-electron chi connectivity index (χ4n) is 2.80. The molecule has 5 nitrogen and oxygen atoms in total. The van der Waals surface area contributed by atoms with Gasteiger partial charge in [-0.25, -0.2) is 0 Å². The Kier molecular flexibility index (Phi) is 5.88. The van der Waals surface area contributed by atoms with Crippen LogP contribution in [-0.2, 0) is 0 Å². The van der Waals surface area contributed by atoms with Crippen LogP contribution in [0.4, 0.5) is 5.69 Å². The average molecular weight is 422 g/mol. The molecule has 0 bridgehead atoms. The highest BCUT2D eigenvalue weighted by molar-refractivity contribution is 7.80. The van der Waals surface area contributed by atoms with Crippen LogP contribution in [0.15, 0.2) is 30.3 Å². The maximum absolute atomic E-state index is 6.10. The second-order valence-corrected chi connectivity index (χ2v) is 8.35. The van der Waals surface area contributed by atoms with Crippen molar-refractivity contribution in [2.24, 2.45) is 0 Å². The first kappa shape index (κ1) is 19.5. The minimum Gasteiger partial charge on any atom is -0.495 e. The lowest BCUT2D eigenvalue weighted by atomic mass is 10.0. The zero-order valence-corrected chi connectivity index (χ0v) is 17.8. The van der Waals surface area contributed by atoms with Crippen molar-refractivity contribution in [3.63, 3.8) is 0 Å². The van der Waals surface area contributed by atoms with Gasteiger partial charge in [-0.1, -0.05) is 39.0 Å². The van der Waals surface area contributed by atoms with Crippen LogP contribution >= 0.6 is 32.9 Å². The summed E-state index contributed by atoms with van der Waals surface area (Å²) in [6, 6.07) is 9.53. The van der Waals surface area contributed by atoms with E-state index in [0.29, 0.717) is 28.7 Å². The quantitative estimate of drug-likeness (QED) is 0.323. The molecule has 2 aromatic carbocycles. The number of nitrogens with two attached hydrogens (primary N) is 1. The molecule has 0 atom stereocenters. The molecule has 3 rings (SSSR count). The lowest BCUT2D eigenvalue weighted by Gasteiger charge is -2.14. The first-order valence-electron chi connectivity index (χ1n) is 7.91. The SMILES string of the molecule is COc1ccc(-c2c(-c3cc(OC)c(OC)c(OC)c3)ssc2=S)cc1N. The Morgan fingerprint density at radius 3 is 1.93 bits per heavy atom. The van der Waals surface area contributed by atoms with Crippen molar-refractivity contribution < 1.29 is 18.9 Å². The molecule has 1 aromatic heterocycles. The van der Waals surface area contributed by atoms with Crippen LogP contribution in [0.3, 0.4) is 0 Å². The van der Waals surface area contributed by atoms with E-state index >= 15 is 0 Å². The second-order valence-electron chi connectivity index (χ2n) is 5.53. The summed E-state index contributed by atoms with van der Waals surface area (Å²) < 4.78 is 22.4. The normalized spacial score (nSPS) is 10.5. The minimum absolute atomic E-state index is 0.554. The standard InChI is InChI=1S/C19H19NO4S3/c1-21-13-6-5-10(7-12(13)20)16-18(26-27-19(16)25)11-8-14(22-2)17(24-4)15(9-11)23-3/h5-9H,20H2,1-4H3. The third-order valence-electron chi connectivity index (χ3n) is 4.08. The Morgan fingerprint density at radius 2 is 1.41 bits per heavy atom. The number of rotatable bonds is 6. The second kappa shape index (κ2) is 8.16. The first-order chi connectivity index (χ1) is 13.0. The van der Waals surface area contributed by atoms with Crippen molar-refractivity contribution in [2.75, 3.05) is 34.2 Å². The highest BCUT2D eigenvalue weighted by Crippen LogP contribution is 2.47. The Labute approximate surface area is 170 Å². The highest BCUT2D eigenvalue weighted by atomic mass is 32.9. The summed E-state index contributed by atoms with van der Waals surface area (Å²) >= 11 is 5.60. The van der Waals surface area contributed by atoms with Gasteiger partial charge in [0.25, 0.3) is 0 Å². The van der Waals surface area contributed by atoms with Crippen molar-refractivity contribution in [3.8, 4) is 44.6 Å². The van der Waals surface area contributed by atoms with Crippen LogP contribution in [0.25, 0.3) is 21.6 Å². The molecule has 0 aliphatic rings. The molecule has 27 heavy (non-hydrogen) atoms. The van der Waals surface area contributed by atoms with Gasteiger partial charge in [0.15, 0.2) is 11.5 Å². The zero-order valence-electron chi connectivity index (χ0n) is 15.3. The van der Waals surface area contributed by atoms with Gasteiger partial charge in [-0.3, -0.25) is 0 Å². The topological polar surface area (TPSA) is 62.9 Å². The number of nitrogen functional groups attached to an aromatic ring is 1. The van der Waals surface area contributed by atoms with E-state index in [1.54, 1.807) is 49.1 Å². The highest BCUT2D eigenvalue weighted by Gasteiger charge is 2.19. The van der Waals surface area contributed by atoms with Gasteiger partial charge in [-0.05, 0) is 29.8 Å². The Bertz CT molecular complexity index is 1000. The van der Waals surface area contributed by atoms with Crippen LogP contribution in [-0.4, -0.2) is 28.4 Å². The molecule has 3 aromatic rings. The summed E-state index contributed by atoms with van der Waals surface area (Å²) in [4.78, 5) is 1.02. The van der Waals surface area contributed by atoms with Crippen LogP contribution in [0, 0.1) is 3.82 Å². The fraction of sp³-hybridized carbons (Fsp3) is 0.211. The third-order valence-corrected chi connectivity index (χ3v) is 7.14. The summed E-state index contributed by atoms with van der Waals surface area (Å²) in [5.41, 5.74) is 9.51. The molecule has 0 fully saturated rings. The maximum Gasteiger partial charge on any atom is 0.203 e. The average Bonchev–Trinajstić information content (AvgIpc) is 3.08. The number of hydrogen-bond acceptors (Lipinski definition) is 8. The van der Waals surface area contributed by atoms with E-state index in [1.165, 1.54) is 0 Å². The van der Waals surface area contributed by atoms with Crippen LogP contribution in [0.2, 0.25) is 0 Å². The molecule has 0 aliphatic heterocycles. The van der Waals surface area contributed by atoms with Gasteiger partial charge in [0, 0.05) is 11.1 Å². The van der Waals surface area contributed by atoms with Crippen molar-refractivity contribution in [3.05, 3.63) is 34.2 Å². The van der Waals surface area contributed by atoms with Gasteiger partial charge in [0.05, 0.1) is 39.0 Å². The fourth-order valence-corrected chi connectivity index (χ4v) is 5.70. The largest absolute Gasteiger partial charge is 0.495 e. The number of ether oxygens (including phenoxy) is 4. The van der Waals surface area contributed by atoms with E-state index in [2.05, 4.69) is 0 Å². The number of anilines is 1. The Hall–Kier alpha value is -2.29. The molecule has 0 unspecified atom stereocenters. The number of hydrogen-bond donors (Lipinski definition) is 1. The molecule has 0 amide bonds. The lowest BCUT2D eigenvalue weighted by Crippen LogP contribution is -1.96. The zero-order chi connectivity index (χ0) is 19.6. The third kappa shape index (κ3) is 3.60. The van der Waals surface area contributed by atoms with E-state index in [-0.39, 0.29) is 0 Å². The van der Waals surface area contributed by atoms with Gasteiger partial charge >= 0.3 is 0 Å². The van der Waals surface area contributed by atoms with E-state index in [9.17, 15) is 0 Å². The molecule has 142 valence electrons. The van der Waals surface area contributed by atoms with Gasteiger partial charge in [-0.2, -0.15) is 0 Å². The predicted molar refractivity (Wildman–Crippen MR) is 115 cm³/mol. The molecule has 0 radical (unpaired) electrons. The number of benzene rings is 2. The Morgan fingerprint density at radius 1 is 0.778 bits per heavy atom. The van der Waals surface area contributed by atoms with Crippen LogP contribution in [0.5, 0.6) is 23.0 Å².